The first-order chi connectivity index (χ1) is 10.3. The molecule has 0 unspecified atom stereocenters. The second-order valence-electron chi connectivity index (χ2n) is 4.54. The smallest absolute Gasteiger partial charge is 0.138 e. The van der Waals surface area contributed by atoms with E-state index in [-0.39, 0.29) is 0 Å². The van der Waals surface area contributed by atoms with Crippen molar-refractivity contribution in [2.45, 2.75) is 13.2 Å². The maximum absolute atomic E-state index is 5.97. The van der Waals surface area contributed by atoms with Crippen LogP contribution in [0.25, 0.3) is 0 Å². The van der Waals surface area contributed by atoms with Gasteiger partial charge in [-0.1, -0.05) is 12.1 Å². The van der Waals surface area contributed by atoms with Crippen molar-refractivity contribution in [3.8, 4) is 5.75 Å². The number of rotatable bonds is 8. The second-order valence-corrected chi connectivity index (χ2v) is 5.40. The molecule has 21 heavy (non-hydrogen) atoms. The Bertz CT molecular complexity index is 549. The van der Waals surface area contributed by atoms with E-state index in [1.807, 2.05) is 24.3 Å². The molecule has 1 aromatic carbocycles. The molecule has 4 nitrogen and oxygen atoms in total. The Morgan fingerprint density at radius 1 is 1.19 bits per heavy atom. The van der Waals surface area contributed by atoms with Crippen LogP contribution in [0.15, 0.2) is 47.2 Å². The number of pyridine rings is 1. The first kappa shape index (κ1) is 15.9. The van der Waals surface area contributed by atoms with Gasteiger partial charge in [-0.25, -0.2) is 0 Å². The fourth-order valence-electron chi connectivity index (χ4n) is 1.89. The highest BCUT2D eigenvalue weighted by atomic mass is 79.9. The Balaban J connectivity index is 2.00. The molecular weight excluding hydrogens is 332 g/mol. The zero-order chi connectivity index (χ0) is 14.9. The zero-order valence-electron chi connectivity index (χ0n) is 12.0. The van der Waals surface area contributed by atoms with Crippen molar-refractivity contribution in [1.29, 1.82) is 0 Å². The lowest BCUT2D eigenvalue weighted by molar-refractivity contribution is 0.199. The van der Waals surface area contributed by atoms with Gasteiger partial charge in [-0.05, 0) is 39.7 Å². The standard InChI is InChI=1S/C16H19BrN2O2/c1-20-10-9-19-11-14-3-2-4-15(17)16(14)21-12-13-5-7-18-8-6-13/h2-8,19H,9-12H2,1H3. The predicted octanol–water partition coefficient (Wildman–Crippen LogP) is 3.16. The van der Waals surface area contributed by atoms with Gasteiger partial charge in [0, 0.05) is 38.2 Å². The van der Waals surface area contributed by atoms with Gasteiger partial charge < -0.3 is 14.8 Å². The minimum atomic E-state index is 0.524. The molecular formula is C16H19BrN2O2. The molecule has 0 saturated heterocycles. The maximum atomic E-state index is 5.97. The molecule has 0 fully saturated rings. The number of para-hydroxylation sites is 1. The molecule has 2 rings (SSSR count). The Labute approximate surface area is 133 Å². The Kier molecular flexibility index (Phi) is 6.66. The molecule has 0 atom stereocenters. The van der Waals surface area contributed by atoms with Crippen LogP contribution in [-0.4, -0.2) is 25.2 Å². The van der Waals surface area contributed by atoms with E-state index in [4.69, 9.17) is 9.47 Å². The van der Waals surface area contributed by atoms with Gasteiger partial charge in [0.25, 0.3) is 0 Å². The fraction of sp³-hybridized carbons (Fsp3) is 0.312. The summed E-state index contributed by atoms with van der Waals surface area (Å²) in [6.45, 7) is 2.78. The molecule has 1 aromatic heterocycles. The molecule has 0 spiro atoms. The molecule has 0 radical (unpaired) electrons. The molecule has 1 N–H and O–H groups in total. The molecule has 0 saturated carbocycles. The van der Waals surface area contributed by atoms with Crippen molar-refractivity contribution in [3.63, 3.8) is 0 Å². The highest BCUT2D eigenvalue weighted by Crippen LogP contribution is 2.29. The van der Waals surface area contributed by atoms with Crippen molar-refractivity contribution in [2.24, 2.45) is 0 Å². The Morgan fingerprint density at radius 3 is 2.76 bits per heavy atom. The SMILES string of the molecule is COCCNCc1cccc(Br)c1OCc1ccncc1. The van der Waals surface area contributed by atoms with E-state index in [2.05, 4.69) is 32.3 Å². The topological polar surface area (TPSA) is 43.4 Å². The Morgan fingerprint density at radius 2 is 2.00 bits per heavy atom. The zero-order valence-corrected chi connectivity index (χ0v) is 13.6. The number of benzene rings is 1. The van der Waals surface area contributed by atoms with Crippen LogP contribution in [0.3, 0.4) is 0 Å². The number of hydrogen-bond donors (Lipinski definition) is 1. The summed E-state index contributed by atoms with van der Waals surface area (Å²) in [7, 11) is 1.70. The number of nitrogens with one attached hydrogen (secondary N) is 1. The van der Waals surface area contributed by atoms with E-state index < -0.39 is 0 Å². The van der Waals surface area contributed by atoms with Gasteiger partial charge >= 0.3 is 0 Å². The van der Waals surface area contributed by atoms with E-state index in [0.29, 0.717) is 13.2 Å². The van der Waals surface area contributed by atoms with Crippen LogP contribution in [-0.2, 0) is 17.9 Å². The van der Waals surface area contributed by atoms with Crippen molar-refractivity contribution in [1.82, 2.24) is 10.3 Å². The third-order valence-corrected chi connectivity index (χ3v) is 3.60. The molecule has 112 valence electrons. The number of hydrogen-bond acceptors (Lipinski definition) is 4. The normalized spacial score (nSPS) is 10.6. The molecule has 0 aliphatic rings. The van der Waals surface area contributed by atoms with E-state index >= 15 is 0 Å². The van der Waals surface area contributed by atoms with Crippen molar-refractivity contribution in [2.75, 3.05) is 20.3 Å². The average molecular weight is 351 g/mol. The van der Waals surface area contributed by atoms with Crippen LogP contribution in [0.4, 0.5) is 0 Å². The summed E-state index contributed by atoms with van der Waals surface area (Å²) in [6, 6.07) is 9.96. The van der Waals surface area contributed by atoms with Gasteiger partial charge in [0.2, 0.25) is 0 Å². The van der Waals surface area contributed by atoms with E-state index in [9.17, 15) is 0 Å². The fourth-order valence-corrected chi connectivity index (χ4v) is 2.41. The van der Waals surface area contributed by atoms with Crippen LogP contribution in [0.1, 0.15) is 11.1 Å². The molecule has 5 heteroatoms. The third-order valence-electron chi connectivity index (χ3n) is 2.98. The largest absolute Gasteiger partial charge is 0.487 e. The number of halogens is 1. The monoisotopic (exact) mass is 350 g/mol. The molecule has 0 amide bonds. The van der Waals surface area contributed by atoms with E-state index in [1.165, 1.54) is 0 Å². The molecule has 1 heterocycles. The van der Waals surface area contributed by atoms with Crippen LogP contribution >= 0.6 is 15.9 Å². The summed E-state index contributed by atoms with van der Waals surface area (Å²) in [5.41, 5.74) is 2.22. The summed E-state index contributed by atoms with van der Waals surface area (Å²) in [5, 5.41) is 3.33. The van der Waals surface area contributed by atoms with Crippen molar-refractivity contribution < 1.29 is 9.47 Å². The van der Waals surface area contributed by atoms with Crippen LogP contribution in [0, 0.1) is 0 Å². The first-order valence-corrected chi connectivity index (χ1v) is 7.59. The Hall–Kier alpha value is -1.43. The number of aromatic nitrogens is 1. The number of nitrogens with zero attached hydrogens (tertiary/aromatic N) is 1. The molecule has 0 aliphatic carbocycles. The summed E-state index contributed by atoms with van der Waals surface area (Å²) in [4.78, 5) is 4.01. The van der Waals surface area contributed by atoms with E-state index in [1.54, 1.807) is 19.5 Å². The number of methoxy groups -OCH3 is 1. The summed E-state index contributed by atoms with van der Waals surface area (Å²) < 4.78 is 12.0. The third kappa shape index (κ3) is 5.12. The summed E-state index contributed by atoms with van der Waals surface area (Å²) in [5.74, 6) is 0.874. The van der Waals surface area contributed by atoms with Gasteiger partial charge in [-0.15, -0.1) is 0 Å². The first-order valence-electron chi connectivity index (χ1n) is 6.80. The maximum Gasteiger partial charge on any atom is 0.138 e. The lowest BCUT2D eigenvalue weighted by Crippen LogP contribution is -2.19. The number of ether oxygens (including phenoxy) is 2. The summed E-state index contributed by atoms with van der Waals surface area (Å²) >= 11 is 3.55. The van der Waals surface area contributed by atoms with E-state index in [0.717, 1.165) is 34.4 Å². The van der Waals surface area contributed by atoms with Crippen LogP contribution < -0.4 is 10.1 Å². The lowest BCUT2D eigenvalue weighted by Gasteiger charge is -2.14. The molecule has 0 bridgehead atoms. The minimum absolute atomic E-state index is 0.524. The van der Waals surface area contributed by atoms with Gasteiger partial charge in [-0.2, -0.15) is 0 Å². The molecule has 0 aliphatic heterocycles. The highest BCUT2D eigenvalue weighted by molar-refractivity contribution is 9.10. The quantitative estimate of drug-likeness (QED) is 0.742. The lowest BCUT2D eigenvalue weighted by atomic mass is 10.2. The van der Waals surface area contributed by atoms with Gasteiger partial charge in [-0.3, -0.25) is 4.98 Å². The summed E-state index contributed by atoms with van der Waals surface area (Å²) in [6.07, 6.45) is 3.54. The predicted molar refractivity (Wildman–Crippen MR) is 86.3 cm³/mol. The van der Waals surface area contributed by atoms with Gasteiger partial charge in [0.05, 0.1) is 11.1 Å². The van der Waals surface area contributed by atoms with Crippen LogP contribution in [0.5, 0.6) is 5.75 Å². The van der Waals surface area contributed by atoms with Gasteiger partial charge in [0.1, 0.15) is 12.4 Å². The van der Waals surface area contributed by atoms with Gasteiger partial charge in [0.15, 0.2) is 0 Å². The second kappa shape index (κ2) is 8.77. The van der Waals surface area contributed by atoms with Crippen molar-refractivity contribution in [3.05, 3.63) is 58.3 Å². The van der Waals surface area contributed by atoms with Crippen molar-refractivity contribution >= 4 is 15.9 Å². The molecule has 2 aromatic rings. The minimum Gasteiger partial charge on any atom is -0.487 e. The average Bonchev–Trinajstić information content (AvgIpc) is 2.52. The van der Waals surface area contributed by atoms with Crippen LogP contribution in [0.2, 0.25) is 0 Å². The highest BCUT2D eigenvalue weighted by Gasteiger charge is 2.08.